The number of fused-ring (bicyclic) bond motifs is 2. The first kappa shape index (κ1) is 13.5. The van der Waals surface area contributed by atoms with Gasteiger partial charge in [0.1, 0.15) is 11.3 Å². The Morgan fingerprint density at radius 3 is 2.26 bits per heavy atom. The van der Waals surface area contributed by atoms with Gasteiger partial charge in [-0.2, -0.15) is 0 Å². The molecule has 1 aliphatic rings. The molecule has 0 unspecified atom stereocenters. The fourth-order valence-electron chi connectivity index (χ4n) is 2.91. The van der Waals surface area contributed by atoms with Crippen molar-refractivity contribution in [2.24, 2.45) is 0 Å². The molecule has 0 aliphatic heterocycles. The van der Waals surface area contributed by atoms with Crippen molar-refractivity contribution in [2.45, 2.75) is 6.92 Å². The Balaban J connectivity index is 1.99. The molecule has 0 radical (unpaired) electrons. The molecule has 0 saturated heterocycles. The van der Waals surface area contributed by atoms with Crippen molar-refractivity contribution >= 4 is 11.6 Å². The first-order valence-electron chi connectivity index (χ1n) is 7.18. The monoisotopic (exact) mass is 304 g/mol. The number of benzene rings is 2. The molecule has 0 bridgehead atoms. The molecule has 0 spiro atoms. The van der Waals surface area contributed by atoms with Crippen molar-refractivity contribution < 1.29 is 9.59 Å². The molecule has 3 aromatic rings. The molecule has 5 nitrogen and oxygen atoms in total. The zero-order valence-electron chi connectivity index (χ0n) is 12.3. The molecule has 0 fully saturated rings. The lowest BCUT2D eigenvalue weighted by molar-refractivity contribution is 0.0976. The van der Waals surface area contributed by atoms with Crippen molar-refractivity contribution in [3.63, 3.8) is 0 Å². The third kappa shape index (κ3) is 1.83. The summed E-state index contributed by atoms with van der Waals surface area (Å²) in [6.45, 7) is 1.91. The second-order valence-corrected chi connectivity index (χ2v) is 5.55. The maximum absolute atomic E-state index is 12.6. The lowest BCUT2D eigenvalue weighted by Crippen LogP contribution is -2.26. The molecule has 2 aromatic carbocycles. The van der Waals surface area contributed by atoms with Crippen molar-refractivity contribution in [1.29, 1.82) is 0 Å². The van der Waals surface area contributed by atoms with E-state index in [1.165, 1.54) is 4.68 Å². The maximum atomic E-state index is 12.6. The van der Waals surface area contributed by atoms with Crippen LogP contribution in [0, 0.1) is 6.92 Å². The van der Waals surface area contributed by atoms with E-state index in [0.717, 1.165) is 5.56 Å². The summed E-state index contributed by atoms with van der Waals surface area (Å²) in [5.74, 6) is -0.749. The normalized spacial score (nSPS) is 12.9. The van der Waals surface area contributed by atoms with Crippen molar-refractivity contribution in [3.8, 4) is 5.69 Å². The largest absolute Gasteiger partial charge is 0.288 e. The minimum absolute atomic E-state index is 0.0557. The van der Waals surface area contributed by atoms with Gasteiger partial charge in [-0.05, 0) is 24.6 Å². The van der Waals surface area contributed by atoms with E-state index in [4.69, 9.17) is 0 Å². The van der Waals surface area contributed by atoms with E-state index < -0.39 is 11.3 Å². The van der Waals surface area contributed by atoms with Crippen LogP contribution in [-0.4, -0.2) is 21.3 Å². The fraction of sp³-hybridized carbons (Fsp3) is 0.0556. The number of rotatable bonds is 1. The van der Waals surface area contributed by atoms with E-state index >= 15 is 0 Å². The molecular weight excluding hydrogens is 292 g/mol. The average Bonchev–Trinajstić information content (AvgIpc) is 2.91. The number of aromatic amines is 1. The van der Waals surface area contributed by atoms with Crippen LogP contribution in [0.3, 0.4) is 0 Å². The van der Waals surface area contributed by atoms with Crippen LogP contribution >= 0.6 is 0 Å². The lowest BCUT2D eigenvalue weighted by atomic mass is 9.88. The van der Waals surface area contributed by atoms with Crippen LogP contribution in [0.25, 0.3) is 5.69 Å². The number of hydrogen-bond donors (Lipinski definition) is 1. The highest BCUT2D eigenvalue weighted by molar-refractivity contribution is 6.27. The number of H-pyrrole nitrogens is 1. The number of nitrogens with zero attached hydrogens (tertiary/aromatic N) is 1. The Hall–Kier alpha value is -3.21. The molecule has 1 aromatic heterocycles. The summed E-state index contributed by atoms with van der Waals surface area (Å²) in [6.07, 6.45) is 0. The first-order valence-corrected chi connectivity index (χ1v) is 7.18. The van der Waals surface area contributed by atoms with Gasteiger partial charge in [0.25, 0.3) is 5.56 Å². The van der Waals surface area contributed by atoms with Gasteiger partial charge < -0.3 is 0 Å². The fourth-order valence-corrected chi connectivity index (χ4v) is 2.91. The van der Waals surface area contributed by atoms with Crippen LogP contribution < -0.4 is 5.56 Å². The second kappa shape index (κ2) is 4.64. The van der Waals surface area contributed by atoms with Crippen LogP contribution in [0.5, 0.6) is 0 Å². The summed E-state index contributed by atoms with van der Waals surface area (Å²) in [6, 6.07) is 13.8. The molecule has 4 rings (SSSR count). The van der Waals surface area contributed by atoms with Gasteiger partial charge in [-0.1, -0.05) is 36.4 Å². The van der Waals surface area contributed by atoms with Crippen molar-refractivity contribution in [1.82, 2.24) is 9.78 Å². The van der Waals surface area contributed by atoms with Crippen LogP contribution in [-0.2, 0) is 0 Å². The third-order valence-electron chi connectivity index (χ3n) is 4.02. The second-order valence-electron chi connectivity index (χ2n) is 5.55. The molecule has 5 heteroatoms. The van der Waals surface area contributed by atoms with E-state index in [9.17, 15) is 14.4 Å². The number of nitrogens with one attached hydrogen (secondary N) is 1. The average molecular weight is 304 g/mol. The molecule has 0 atom stereocenters. The molecular formula is C18H12N2O3. The van der Waals surface area contributed by atoms with Crippen LogP contribution in [0.2, 0.25) is 0 Å². The van der Waals surface area contributed by atoms with Gasteiger partial charge in [-0.25, -0.2) is 4.68 Å². The number of aromatic nitrogens is 2. The van der Waals surface area contributed by atoms with E-state index in [1.807, 2.05) is 25.1 Å². The minimum Gasteiger partial charge on any atom is -0.288 e. The van der Waals surface area contributed by atoms with Crippen LogP contribution in [0.15, 0.2) is 53.3 Å². The summed E-state index contributed by atoms with van der Waals surface area (Å²) in [5.41, 5.74) is 1.63. The molecule has 1 heterocycles. The SMILES string of the molecule is Cc1cccc(-n2[nH]c3c(c2=O)C(=O)c2ccccc2C3=O)c1. The predicted octanol–water partition coefficient (Wildman–Crippen LogP) is 2.25. The Bertz CT molecular complexity index is 1040. The van der Waals surface area contributed by atoms with E-state index in [0.29, 0.717) is 11.3 Å². The van der Waals surface area contributed by atoms with Gasteiger partial charge in [0, 0.05) is 11.1 Å². The topological polar surface area (TPSA) is 71.9 Å². The number of carbonyl (C=O) groups is 2. The number of carbonyl (C=O) groups excluding carboxylic acids is 2. The van der Waals surface area contributed by atoms with E-state index in [1.54, 1.807) is 30.3 Å². The summed E-state index contributed by atoms with van der Waals surface area (Å²) in [5, 5.41) is 2.80. The highest BCUT2D eigenvalue weighted by atomic mass is 16.2. The number of aryl methyl sites for hydroxylation is 1. The van der Waals surface area contributed by atoms with Crippen molar-refractivity contribution in [2.75, 3.05) is 0 Å². The zero-order chi connectivity index (χ0) is 16.1. The zero-order valence-corrected chi connectivity index (χ0v) is 12.3. The van der Waals surface area contributed by atoms with Crippen molar-refractivity contribution in [3.05, 3.63) is 86.8 Å². The molecule has 1 aliphatic carbocycles. The van der Waals surface area contributed by atoms with Gasteiger partial charge in [-0.3, -0.25) is 19.5 Å². The third-order valence-corrected chi connectivity index (χ3v) is 4.02. The number of hydrogen-bond acceptors (Lipinski definition) is 3. The van der Waals surface area contributed by atoms with Gasteiger partial charge >= 0.3 is 0 Å². The predicted molar refractivity (Wildman–Crippen MR) is 84.4 cm³/mol. The summed E-state index contributed by atoms with van der Waals surface area (Å²) >= 11 is 0. The summed E-state index contributed by atoms with van der Waals surface area (Å²) < 4.78 is 1.25. The Morgan fingerprint density at radius 1 is 0.870 bits per heavy atom. The quantitative estimate of drug-likeness (QED) is 0.586. The molecule has 1 N–H and O–H groups in total. The van der Waals surface area contributed by atoms with Gasteiger partial charge in [0.15, 0.2) is 0 Å². The Labute approximate surface area is 131 Å². The van der Waals surface area contributed by atoms with E-state index in [2.05, 4.69) is 5.10 Å². The molecule has 23 heavy (non-hydrogen) atoms. The standard InChI is InChI=1S/C18H12N2O3/c1-10-5-4-6-11(9-10)20-18(23)14-15(19-20)17(22)13-8-3-2-7-12(13)16(14)21/h2-9,19H,1H3. The maximum Gasteiger partial charge on any atom is 0.283 e. The summed E-state index contributed by atoms with van der Waals surface area (Å²) in [7, 11) is 0. The van der Waals surface area contributed by atoms with Crippen LogP contribution in [0.1, 0.15) is 37.5 Å². The minimum atomic E-state index is -0.501. The molecule has 0 saturated carbocycles. The Morgan fingerprint density at radius 2 is 1.57 bits per heavy atom. The smallest absolute Gasteiger partial charge is 0.283 e. The molecule has 0 amide bonds. The Kier molecular flexibility index (Phi) is 2.72. The number of ketones is 2. The summed E-state index contributed by atoms with van der Waals surface area (Å²) in [4.78, 5) is 37.8. The van der Waals surface area contributed by atoms with Gasteiger partial charge in [-0.15, -0.1) is 0 Å². The lowest BCUT2D eigenvalue weighted by Gasteiger charge is -2.11. The molecule has 112 valence electrons. The highest BCUT2D eigenvalue weighted by Crippen LogP contribution is 2.24. The van der Waals surface area contributed by atoms with E-state index in [-0.39, 0.29) is 22.6 Å². The van der Waals surface area contributed by atoms with Gasteiger partial charge in [0.2, 0.25) is 11.6 Å². The van der Waals surface area contributed by atoms with Crippen LogP contribution in [0.4, 0.5) is 0 Å². The van der Waals surface area contributed by atoms with Gasteiger partial charge in [0.05, 0.1) is 5.69 Å². The first-order chi connectivity index (χ1) is 11.1. The highest BCUT2D eigenvalue weighted by Gasteiger charge is 2.34.